The largest absolute Gasteiger partial charge is 0.464 e. The van der Waals surface area contributed by atoms with Crippen molar-refractivity contribution < 1.29 is 9.53 Å². The molecule has 0 aliphatic carbocycles. The van der Waals surface area contributed by atoms with Crippen LogP contribution in [0.5, 0.6) is 0 Å². The SMILES string of the molecule is CCCc1c(C(=O)OC)nnn1CC(C)CC. The van der Waals surface area contributed by atoms with Crippen LogP contribution in [-0.2, 0) is 17.7 Å². The second kappa shape index (κ2) is 6.37. The number of esters is 1. The maximum atomic E-state index is 11.5. The third-order valence-electron chi connectivity index (χ3n) is 2.88. The molecule has 0 fully saturated rings. The third-order valence-corrected chi connectivity index (χ3v) is 2.88. The van der Waals surface area contributed by atoms with Crippen molar-refractivity contribution in [1.82, 2.24) is 15.0 Å². The first-order valence-electron chi connectivity index (χ1n) is 6.14. The van der Waals surface area contributed by atoms with Crippen LogP contribution in [0.15, 0.2) is 0 Å². The number of carbonyl (C=O) groups excluding carboxylic acids is 1. The molecule has 1 atom stereocenters. The van der Waals surface area contributed by atoms with E-state index in [0.29, 0.717) is 11.6 Å². The van der Waals surface area contributed by atoms with Crippen LogP contribution in [-0.4, -0.2) is 28.1 Å². The van der Waals surface area contributed by atoms with E-state index in [1.807, 2.05) is 4.68 Å². The Balaban J connectivity index is 2.97. The summed E-state index contributed by atoms with van der Waals surface area (Å²) in [7, 11) is 1.37. The lowest BCUT2D eigenvalue weighted by molar-refractivity contribution is 0.0592. The molecule has 1 rings (SSSR count). The summed E-state index contributed by atoms with van der Waals surface area (Å²) in [6.45, 7) is 7.18. The number of aromatic nitrogens is 3. The smallest absolute Gasteiger partial charge is 0.360 e. The summed E-state index contributed by atoms with van der Waals surface area (Å²) in [5.41, 5.74) is 1.25. The summed E-state index contributed by atoms with van der Waals surface area (Å²) in [5, 5.41) is 7.99. The van der Waals surface area contributed by atoms with E-state index in [2.05, 4.69) is 31.1 Å². The van der Waals surface area contributed by atoms with Gasteiger partial charge in [0.1, 0.15) is 0 Å². The van der Waals surface area contributed by atoms with Crippen LogP contribution in [0, 0.1) is 5.92 Å². The average molecular weight is 239 g/mol. The van der Waals surface area contributed by atoms with Crippen LogP contribution >= 0.6 is 0 Å². The Morgan fingerprint density at radius 2 is 2.18 bits per heavy atom. The second-order valence-corrected chi connectivity index (χ2v) is 4.32. The Kier molecular flexibility index (Phi) is 5.12. The number of hydrogen-bond acceptors (Lipinski definition) is 4. The summed E-state index contributed by atoms with van der Waals surface area (Å²) in [4.78, 5) is 11.5. The molecule has 0 aromatic carbocycles. The Hall–Kier alpha value is -1.39. The monoisotopic (exact) mass is 239 g/mol. The molecule has 0 N–H and O–H groups in total. The minimum Gasteiger partial charge on any atom is -0.464 e. The summed E-state index contributed by atoms with van der Waals surface area (Å²) in [6.07, 6.45) is 2.84. The normalized spacial score (nSPS) is 12.5. The lowest BCUT2D eigenvalue weighted by Gasteiger charge is -2.11. The van der Waals surface area contributed by atoms with Gasteiger partial charge >= 0.3 is 5.97 Å². The van der Waals surface area contributed by atoms with Crippen LogP contribution in [0.1, 0.15) is 49.8 Å². The predicted molar refractivity (Wildman–Crippen MR) is 64.8 cm³/mol. The molecule has 1 aromatic rings. The molecule has 96 valence electrons. The van der Waals surface area contributed by atoms with Gasteiger partial charge in [-0.15, -0.1) is 5.10 Å². The second-order valence-electron chi connectivity index (χ2n) is 4.32. The highest BCUT2D eigenvalue weighted by atomic mass is 16.5. The van der Waals surface area contributed by atoms with Crippen molar-refractivity contribution in [2.75, 3.05) is 7.11 Å². The van der Waals surface area contributed by atoms with E-state index in [1.54, 1.807) is 0 Å². The van der Waals surface area contributed by atoms with Gasteiger partial charge in [0.05, 0.1) is 12.8 Å². The lowest BCUT2D eigenvalue weighted by Crippen LogP contribution is -2.13. The highest BCUT2D eigenvalue weighted by Crippen LogP contribution is 2.13. The molecule has 5 heteroatoms. The zero-order valence-corrected chi connectivity index (χ0v) is 11.1. The number of hydrogen-bond donors (Lipinski definition) is 0. The van der Waals surface area contributed by atoms with Crippen LogP contribution < -0.4 is 0 Å². The molecule has 0 saturated carbocycles. The maximum Gasteiger partial charge on any atom is 0.360 e. The highest BCUT2D eigenvalue weighted by molar-refractivity contribution is 5.88. The van der Waals surface area contributed by atoms with E-state index in [0.717, 1.165) is 31.5 Å². The van der Waals surface area contributed by atoms with Gasteiger partial charge in [0.2, 0.25) is 0 Å². The van der Waals surface area contributed by atoms with E-state index >= 15 is 0 Å². The predicted octanol–water partition coefficient (Wildman–Crippen LogP) is 2.06. The van der Waals surface area contributed by atoms with Gasteiger partial charge in [-0.3, -0.25) is 0 Å². The molecule has 0 bridgehead atoms. The van der Waals surface area contributed by atoms with Gasteiger partial charge in [0.25, 0.3) is 0 Å². The van der Waals surface area contributed by atoms with Crippen molar-refractivity contribution in [3.05, 3.63) is 11.4 Å². The Morgan fingerprint density at radius 3 is 2.71 bits per heavy atom. The van der Waals surface area contributed by atoms with Gasteiger partial charge in [-0.2, -0.15) is 0 Å². The molecular formula is C12H21N3O2. The zero-order valence-electron chi connectivity index (χ0n) is 11.1. The number of methoxy groups -OCH3 is 1. The summed E-state index contributed by atoms with van der Waals surface area (Å²) < 4.78 is 6.55. The maximum absolute atomic E-state index is 11.5. The molecule has 0 aliphatic heterocycles. The van der Waals surface area contributed by atoms with Crippen molar-refractivity contribution in [1.29, 1.82) is 0 Å². The molecule has 5 nitrogen and oxygen atoms in total. The molecule has 0 amide bonds. The summed E-state index contributed by atoms with van der Waals surface area (Å²) in [6, 6.07) is 0. The van der Waals surface area contributed by atoms with Gasteiger partial charge in [-0.05, 0) is 12.3 Å². The first-order valence-corrected chi connectivity index (χ1v) is 6.14. The Labute approximate surface area is 102 Å². The standard InChI is InChI=1S/C12H21N3O2/c1-5-7-10-11(12(16)17-4)13-14-15(10)8-9(3)6-2/h9H,5-8H2,1-4H3. The molecule has 1 unspecified atom stereocenters. The van der Waals surface area contributed by atoms with Gasteiger partial charge < -0.3 is 4.74 Å². The number of nitrogens with zero attached hydrogens (tertiary/aromatic N) is 3. The zero-order chi connectivity index (χ0) is 12.8. The molecule has 17 heavy (non-hydrogen) atoms. The first kappa shape index (κ1) is 13.7. The number of ether oxygens (including phenoxy) is 1. The quantitative estimate of drug-likeness (QED) is 0.713. The van der Waals surface area contributed by atoms with Crippen LogP contribution in [0.2, 0.25) is 0 Å². The molecule has 0 radical (unpaired) electrons. The lowest BCUT2D eigenvalue weighted by atomic mass is 10.1. The van der Waals surface area contributed by atoms with Crippen LogP contribution in [0.3, 0.4) is 0 Å². The average Bonchev–Trinajstić information content (AvgIpc) is 2.72. The fourth-order valence-electron chi connectivity index (χ4n) is 1.64. The van der Waals surface area contributed by atoms with Crippen molar-refractivity contribution in [2.45, 2.75) is 46.6 Å². The van der Waals surface area contributed by atoms with E-state index < -0.39 is 5.97 Å². The van der Waals surface area contributed by atoms with Crippen molar-refractivity contribution in [3.8, 4) is 0 Å². The molecule has 1 aromatic heterocycles. The summed E-state index contributed by atoms with van der Waals surface area (Å²) in [5.74, 6) is 0.127. The molecule has 0 spiro atoms. The molecule has 1 heterocycles. The van der Waals surface area contributed by atoms with Crippen molar-refractivity contribution >= 4 is 5.97 Å². The van der Waals surface area contributed by atoms with E-state index in [9.17, 15) is 4.79 Å². The van der Waals surface area contributed by atoms with E-state index in [1.165, 1.54) is 7.11 Å². The van der Waals surface area contributed by atoms with Gasteiger partial charge in [0, 0.05) is 6.54 Å². The van der Waals surface area contributed by atoms with Gasteiger partial charge in [-0.1, -0.05) is 38.8 Å². The Morgan fingerprint density at radius 1 is 1.47 bits per heavy atom. The number of carbonyl (C=O) groups is 1. The molecule has 0 saturated heterocycles. The van der Waals surface area contributed by atoms with Crippen molar-refractivity contribution in [3.63, 3.8) is 0 Å². The van der Waals surface area contributed by atoms with Gasteiger partial charge in [-0.25, -0.2) is 9.48 Å². The topological polar surface area (TPSA) is 57.0 Å². The Bertz CT molecular complexity index is 374. The summed E-state index contributed by atoms with van der Waals surface area (Å²) >= 11 is 0. The minimum absolute atomic E-state index is 0.359. The van der Waals surface area contributed by atoms with Crippen LogP contribution in [0.4, 0.5) is 0 Å². The molecular weight excluding hydrogens is 218 g/mol. The minimum atomic E-state index is -0.399. The fraction of sp³-hybridized carbons (Fsp3) is 0.750. The third kappa shape index (κ3) is 3.28. The van der Waals surface area contributed by atoms with E-state index in [-0.39, 0.29) is 0 Å². The molecule has 0 aliphatic rings. The van der Waals surface area contributed by atoms with Gasteiger partial charge in [0.15, 0.2) is 5.69 Å². The van der Waals surface area contributed by atoms with E-state index in [4.69, 9.17) is 4.74 Å². The first-order chi connectivity index (χ1) is 8.13. The number of rotatable bonds is 6. The fourth-order valence-corrected chi connectivity index (χ4v) is 1.64. The van der Waals surface area contributed by atoms with Crippen molar-refractivity contribution in [2.24, 2.45) is 5.92 Å². The van der Waals surface area contributed by atoms with Crippen LogP contribution in [0.25, 0.3) is 0 Å². The highest BCUT2D eigenvalue weighted by Gasteiger charge is 2.20.